The second kappa shape index (κ2) is 10.7. The predicted molar refractivity (Wildman–Crippen MR) is 149 cm³/mol. The molecule has 38 heavy (non-hydrogen) atoms. The second-order valence-electron chi connectivity index (χ2n) is 10.0. The van der Waals surface area contributed by atoms with Crippen molar-refractivity contribution in [1.82, 2.24) is 9.55 Å². The lowest BCUT2D eigenvalue weighted by Gasteiger charge is -2.28. The summed E-state index contributed by atoms with van der Waals surface area (Å²) in [7, 11) is 0. The Bertz CT molecular complexity index is 1500. The summed E-state index contributed by atoms with van der Waals surface area (Å²) in [6, 6.07) is 15.9. The van der Waals surface area contributed by atoms with E-state index < -0.39 is 22.6 Å². The highest BCUT2D eigenvalue weighted by Crippen LogP contribution is 2.39. The molecule has 1 aromatic heterocycles. The van der Waals surface area contributed by atoms with E-state index >= 15 is 0 Å². The molecule has 9 heteroatoms. The minimum absolute atomic E-state index is 0.209. The van der Waals surface area contributed by atoms with Crippen molar-refractivity contribution >= 4 is 40.9 Å². The normalized spacial score (nSPS) is 12.1. The Balaban J connectivity index is 1.76. The number of imidazole rings is 1. The zero-order valence-corrected chi connectivity index (χ0v) is 23.6. The van der Waals surface area contributed by atoms with Crippen LogP contribution < -0.4 is 0 Å². The Morgan fingerprint density at radius 1 is 0.947 bits per heavy atom. The van der Waals surface area contributed by atoms with Gasteiger partial charge in [-0.15, -0.1) is 0 Å². The monoisotopic (exact) mass is 574 g/mol. The first-order valence-corrected chi connectivity index (χ1v) is 13.5. The first-order chi connectivity index (χ1) is 17.8. The highest BCUT2D eigenvalue weighted by Gasteiger charge is 2.31. The molecule has 1 heterocycles. The summed E-state index contributed by atoms with van der Waals surface area (Å²) in [6.07, 6.45) is 1.74. The zero-order valence-electron chi connectivity index (χ0n) is 21.2. The third-order valence-corrected chi connectivity index (χ3v) is 8.50. The number of rotatable bonds is 8. The molecular weight excluding hydrogens is 549 g/mol. The Morgan fingerprint density at radius 3 is 2.24 bits per heavy atom. The maximum atomic E-state index is 14.8. The number of aliphatic carboxylic acids is 1. The molecule has 0 atom stereocenters. The number of carboxylic acids is 1. The summed E-state index contributed by atoms with van der Waals surface area (Å²) in [5.74, 6) is -1.59. The molecule has 0 aliphatic carbocycles. The first kappa shape index (κ1) is 28.1. The highest BCUT2D eigenvalue weighted by atomic mass is 35.5. The fourth-order valence-corrected chi connectivity index (χ4v) is 5.35. The van der Waals surface area contributed by atoms with E-state index in [9.17, 15) is 18.7 Å². The predicted octanol–water partition coefficient (Wildman–Crippen LogP) is 8.44. The zero-order chi connectivity index (χ0) is 27.8. The van der Waals surface area contributed by atoms with Crippen molar-refractivity contribution in [3.63, 3.8) is 0 Å². The van der Waals surface area contributed by atoms with E-state index in [2.05, 4.69) is 4.98 Å². The number of benzene rings is 3. The molecule has 0 fully saturated rings. The summed E-state index contributed by atoms with van der Waals surface area (Å²) < 4.78 is 30.4. The molecule has 0 saturated heterocycles. The van der Waals surface area contributed by atoms with Crippen molar-refractivity contribution in [1.29, 1.82) is 0 Å². The van der Waals surface area contributed by atoms with Gasteiger partial charge in [-0.05, 0) is 73.0 Å². The van der Waals surface area contributed by atoms with Crippen molar-refractivity contribution in [3.05, 3.63) is 111 Å². The topological polar surface area (TPSA) is 55.1 Å². The fraction of sp³-hybridized carbons (Fsp3) is 0.241. The van der Waals surface area contributed by atoms with Crippen LogP contribution in [0.25, 0.3) is 5.69 Å². The van der Waals surface area contributed by atoms with Crippen LogP contribution in [0.3, 0.4) is 0 Å². The molecule has 4 aromatic rings. The molecule has 3 aromatic carbocycles. The van der Waals surface area contributed by atoms with E-state index in [0.29, 0.717) is 32.0 Å². The summed E-state index contributed by atoms with van der Waals surface area (Å²) in [5, 5.41) is 11.0. The molecule has 4 nitrogen and oxygen atoms in total. The molecule has 0 spiro atoms. The summed E-state index contributed by atoms with van der Waals surface area (Å²) >= 11 is 13.8. The molecule has 0 aliphatic heterocycles. The number of carbonyl (C=O) groups is 1. The molecule has 0 radical (unpaired) electrons. The smallest absolute Gasteiger partial charge is 0.313 e. The van der Waals surface area contributed by atoms with Crippen LogP contribution in [0.15, 0.2) is 72.0 Å². The minimum Gasteiger partial charge on any atom is -0.481 e. The summed E-state index contributed by atoms with van der Waals surface area (Å²) in [4.78, 5) is 16.4. The van der Waals surface area contributed by atoms with Crippen molar-refractivity contribution in [2.24, 2.45) is 0 Å². The molecule has 0 aliphatic rings. The van der Waals surface area contributed by atoms with Crippen LogP contribution in [0.1, 0.15) is 50.1 Å². The van der Waals surface area contributed by atoms with Gasteiger partial charge in [0.15, 0.2) is 5.16 Å². The lowest BCUT2D eigenvalue weighted by molar-refractivity contribution is -0.142. The largest absolute Gasteiger partial charge is 0.481 e. The number of hydrogen-bond acceptors (Lipinski definition) is 3. The fourth-order valence-electron chi connectivity index (χ4n) is 4.09. The van der Waals surface area contributed by atoms with E-state index in [4.69, 9.17) is 23.2 Å². The van der Waals surface area contributed by atoms with Gasteiger partial charge in [0.2, 0.25) is 0 Å². The van der Waals surface area contributed by atoms with Crippen molar-refractivity contribution in [3.8, 4) is 5.69 Å². The third kappa shape index (κ3) is 5.46. The Kier molecular flexibility index (Phi) is 7.94. The molecule has 0 amide bonds. The van der Waals surface area contributed by atoms with Gasteiger partial charge in [0, 0.05) is 16.9 Å². The van der Waals surface area contributed by atoms with E-state index in [0.717, 1.165) is 11.3 Å². The lowest BCUT2D eigenvalue weighted by atomic mass is 9.81. The standard InChI is InChI=1S/C29H26Cl2F2N2O2S/c1-28(2,19-5-11-22(30)23(31)14-19)25-15-34-27(35(25)21-9-7-20(32)8-10-21)38-16-17-13-18(6-12-24(17)33)29(3,4)26(36)37/h5-15H,16H2,1-4H3,(H,36,37). The SMILES string of the molecule is CC(C)(C(=O)O)c1ccc(F)c(CSc2ncc(C(C)(C)c3ccc(Cl)c(Cl)c3)n2-c2ccc(F)cc2)c1. The quantitative estimate of drug-likeness (QED) is 0.214. The van der Waals surface area contributed by atoms with Gasteiger partial charge in [-0.3, -0.25) is 9.36 Å². The number of carboxylic acid groups (broad SMARTS) is 1. The van der Waals surface area contributed by atoms with Crippen molar-refractivity contribution < 1.29 is 18.7 Å². The van der Waals surface area contributed by atoms with Gasteiger partial charge in [-0.2, -0.15) is 0 Å². The van der Waals surface area contributed by atoms with E-state index in [1.54, 1.807) is 44.3 Å². The van der Waals surface area contributed by atoms with Gasteiger partial charge in [-0.1, -0.05) is 67.0 Å². The van der Waals surface area contributed by atoms with Gasteiger partial charge in [0.25, 0.3) is 0 Å². The van der Waals surface area contributed by atoms with Gasteiger partial charge in [0.05, 0.1) is 27.4 Å². The van der Waals surface area contributed by atoms with Crippen LogP contribution >= 0.6 is 35.0 Å². The van der Waals surface area contributed by atoms with Crippen molar-refractivity contribution in [2.45, 2.75) is 49.4 Å². The Hall–Kier alpha value is -2.87. The molecule has 0 unspecified atom stereocenters. The number of hydrogen-bond donors (Lipinski definition) is 1. The Morgan fingerprint density at radius 2 is 1.61 bits per heavy atom. The van der Waals surface area contributed by atoms with Crippen LogP contribution in [0.4, 0.5) is 8.78 Å². The lowest BCUT2D eigenvalue weighted by Crippen LogP contribution is -2.28. The second-order valence-corrected chi connectivity index (χ2v) is 11.8. The van der Waals surface area contributed by atoms with Gasteiger partial charge >= 0.3 is 5.97 Å². The number of halogens is 4. The maximum Gasteiger partial charge on any atom is 0.313 e. The summed E-state index contributed by atoms with van der Waals surface area (Å²) in [6.45, 7) is 7.21. The molecule has 1 N–H and O–H groups in total. The summed E-state index contributed by atoms with van der Waals surface area (Å²) in [5.41, 5.74) is 1.52. The average Bonchev–Trinajstić information content (AvgIpc) is 3.30. The van der Waals surface area contributed by atoms with Crippen LogP contribution in [-0.4, -0.2) is 20.6 Å². The van der Waals surface area contributed by atoms with Gasteiger partial charge in [0.1, 0.15) is 11.6 Å². The molecule has 0 bridgehead atoms. The highest BCUT2D eigenvalue weighted by molar-refractivity contribution is 7.98. The average molecular weight is 576 g/mol. The molecule has 0 saturated carbocycles. The van der Waals surface area contributed by atoms with E-state index in [-0.39, 0.29) is 11.6 Å². The number of aromatic nitrogens is 2. The van der Waals surface area contributed by atoms with Crippen LogP contribution in [0.5, 0.6) is 0 Å². The van der Waals surface area contributed by atoms with E-state index in [1.807, 2.05) is 30.5 Å². The van der Waals surface area contributed by atoms with Crippen LogP contribution in [0, 0.1) is 11.6 Å². The maximum absolute atomic E-state index is 14.8. The molecule has 4 rings (SSSR count). The first-order valence-electron chi connectivity index (χ1n) is 11.8. The van der Waals surface area contributed by atoms with Gasteiger partial charge < -0.3 is 5.11 Å². The Labute approximate surface area is 234 Å². The molecular formula is C29H26Cl2F2N2O2S. The van der Waals surface area contributed by atoms with E-state index in [1.165, 1.54) is 36.0 Å². The third-order valence-electron chi connectivity index (χ3n) is 6.75. The molecule has 198 valence electrons. The van der Waals surface area contributed by atoms with Crippen LogP contribution in [-0.2, 0) is 21.4 Å². The van der Waals surface area contributed by atoms with Crippen LogP contribution in [0.2, 0.25) is 10.0 Å². The van der Waals surface area contributed by atoms with Gasteiger partial charge in [-0.25, -0.2) is 13.8 Å². The number of nitrogens with zero attached hydrogens (tertiary/aromatic N) is 2. The number of thioether (sulfide) groups is 1. The minimum atomic E-state index is -1.17. The van der Waals surface area contributed by atoms with Crippen molar-refractivity contribution in [2.75, 3.05) is 0 Å².